The number of fused-ring (bicyclic) bond motifs is 1. The molecule has 2 aromatic carbocycles. The Bertz CT molecular complexity index is 1130. The SMILES string of the molecule is O=C(c1ccccc1)N1CCc2ccc(NS(=O)(=O)c3ccc(Br)s3)cc2C1. The van der Waals surface area contributed by atoms with E-state index in [1.165, 1.54) is 0 Å². The minimum atomic E-state index is -3.63. The number of anilines is 1. The molecule has 0 fully saturated rings. The van der Waals surface area contributed by atoms with E-state index in [4.69, 9.17) is 0 Å². The third-order valence-electron chi connectivity index (χ3n) is 4.59. The van der Waals surface area contributed by atoms with Gasteiger partial charge in [-0.2, -0.15) is 0 Å². The fourth-order valence-electron chi connectivity index (χ4n) is 3.20. The van der Waals surface area contributed by atoms with Crippen LogP contribution in [0, 0.1) is 0 Å². The average molecular weight is 477 g/mol. The Morgan fingerprint density at radius 3 is 2.54 bits per heavy atom. The van der Waals surface area contributed by atoms with Crippen molar-refractivity contribution in [3.8, 4) is 0 Å². The second-order valence-corrected chi connectivity index (χ2v) is 10.9. The van der Waals surface area contributed by atoms with Crippen molar-refractivity contribution < 1.29 is 13.2 Å². The van der Waals surface area contributed by atoms with E-state index in [1.807, 2.05) is 42.5 Å². The Hall–Kier alpha value is -2.16. The summed E-state index contributed by atoms with van der Waals surface area (Å²) in [6.45, 7) is 1.11. The number of hydrogen-bond donors (Lipinski definition) is 1. The number of thiophene rings is 1. The molecule has 0 saturated carbocycles. The number of carbonyl (C=O) groups excluding carboxylic acids is 1. The van der Waals surface area contributed by atoms with Crippen molar-refractivity contribution in [2.45, 2.75) is 17.2 Å². The monoisotopic (exact) mass is 476 g/mol. The highest BCUT2D eigenvalue weighted by atomic mass is 79.9. The molecule has 0 spiro atoms. The molecule has 0 atom stereocenters. The van der Waals surface area contributed by atoms with Crippen LogP contribution in [0.3, 0.4) is 0 Å². The third kappa shape index (κ3) is 3.99. The second-order valence-electron chi connectivity index (χ2n) is 6.49. The van der Waals surface area contributed by atoms with Gasteiger partial charge < -0.3 is 4.90 Å². The molecule has 0 radical (unpaired) electrons. The number of amides is 1. The van der Waals surface area contributed by atoms with Crippen molar-refractivity contribution in [1.82, 2.24) is 4.90 Å². The Balaban J connectivity index is 1.55. The van der Waals surface area contributed by atoms with Crippen LogP contribution in [0.25, 0.3) is 0 Å². The van der Waals surface area contributed by atoms with Crippen molar-refractivity contribution in [2.75, 3.05) is 11.3 Å². The number of hydrogen-bond acceptors (Lipinski definition) is 4. The zero-order chi connectivity index (χ0) is 19.7. The molecule has 1 aliphatic heterocycles. The first-order valence-corrected chi connectivity index (χ1v) is 11.8. The van der Waals surface area contributed by atoms with Crippen molar-refractivity contribution in [3.63, 3.8) is 0 Å². The molecule has 0 saturated heterocycles. The van der Waals surface area contributed by atoms with Crippen molar-refractivity contribution in [2.24, 2.45) is 0 Å². The molecule has 0 aliphatic carbocycles. The molecule has 4 rings (SSSR count). The minimum absolute atomic E-state index is 0.0133. The Morgan fingerprint density at radius 1 is 1.04 bits per heavy atom. The lowest BCUT2D eigenvalue weighted by atomic mass is 9.98. The van der Waals surface area contributed by atoms with Gasteiger partial charge in [0.2, 0.25) is 0 Å². The van der Waals surface area contributed by atoms with Crippen LogP contribution in [0.1, 0.15) is 21.5 Å². The summed E-state index contributed by atoms with van der Waals surface area (Å²) in [6.07, 6.45) is 0.749. The van der Waals surface area contributed by atoms with Gasteiger partial charge in [0, 0.05) is 24.3 Å². The summed E-state index contributed by atoms with van der Waals surface area (Å²) in [5.74, 6) is -0.0133. The van der Waals surface area contributed by atoms with Gasteiger partial charge in [-0.1, -0.05) is 24.3 Å². The van der Waals surface area contributed by atoms with Gasteiger partial charge in [-0.25, -0.2) is 8.42 Å². The first-order valence-electron chi connectivity index (χ1n) is 8.67. The lowest BCUT2D eigenvalue weighted by Gasteiger charge is -2.29. The highest BCUT2D eigenvalue weighted by molar-refractivity contribution is 9.11. The molecule has 8 heteroatoms. The van der Waals surface area contributed by atoms with E-state index in [1.54, 1.807) is 23.1 Å². The summed E-state index contributed by atoms with van der Waals surface area (Å²) in [6, 6.07) is 18.0. The quantitative estimate of drug-likeness (QED) is 0.602. The van der Waals surface area contributed by atoms with Crippen molar-refractivity contribution >= 4 is 48.9 Å². The standard InChI is InChI=1S/C20H17BrN2O3S2/c21-18-8-9-19(27-18)28(25,26)22-17-7-6-14-10-11-23(13-16(14)12-17)20(24)15-4-2-1-3-5-15/h1-9,12,22H,10-11,13H2. The lowest BCUT2D eigenvalue weighted by Crippen LogP contribution is -2.36. The maximum Gasteiger partial charge on any atom is 0.271 e. The Morgan fingerprint density at radius 2 is 1.82 bits per heavy atom. The number of carbonyl (C=O) groups is 1. The molecular formula is C20H17BrN2O3S2. The number of benzene rings is 2. The van der Waals surface area contributed by atoms with Gasteiger partial charge in [-0.3, -0.25) is 9.52 Å². The van der Waals surface area contributed by atoms with E-state index in [0.29, 0.717) is 24.3 Å². The number of halogens is 1. The Kier molecular flexibility index (Phi) is 5.27. The Labute approximate surface area is 176 Å². The molecule has 2 heterocycles. The van der Waals surface area contributed by atoms with Crippen LogP contribution in [0.5, 0.6) is 0 Å². The highest BCUT2D eigenvalue weighted by Gasteiger charge is 2.23. The topological polar surface area (TPSA) is 66.5 Å². The molecule has 1 amide bonds. The van der Waals surface area contributed by atoms with Crippen molar-refractivity contribution in [3.05, 3.63) is 81.1 Å². The van der Waals surface area contributed by atoms with E-state index in [-0.39, 0.29) is 10.1 Å². The zero-order valence-corrected chi connectivity index (χ0v) is 18.0. The second kappa shape index (κ2) is 7.69. The van der Waals surface area contributed by atoms with Gasteiger partial charge in [0.15, 0.2) is 0 Å². The summed E-state index contributed by atoms with van der Waals surface area (Å²) < 4.78 is 28.7. The minimum Gasteiger partial charge on any atom is -0.334 e. The van der Waals surface area contributed by atoms with E-state index >= 15 is 0 Å². The van der Waals surface area contributed by atoms with Gasteiger partial charge in [0.05, 0.1) is 3.79 Å². The molecule has 28 heavy (non-hydrogen) atoms. The fourth-order valence-corrected chi connectivity index (χ4v) is 6.26. The van der Waals surface area contributed by atoms with Gasteiger partial charge >= 0.3 is 0 Å². The molecular weight excluding hydrogens is 460 g/mol. The van der Waals surface area contributed by atoms with Crippen LogP contribution in [0.4, 0.5) is 5.69 Å². The summed E-state index contributed by atoms with van der Waals surface area (Å²) in [5.41, 5.74) is 3.25. The molecule has 0 bridgehead atoms. The van der Waals surface area contributed by atoms with Crippen LogP contribution in [0.2, 0.25) is 0 Å². The molecule has 1 N–H and O–H groups in total. The fraction of sp³-hybridized carbons (Fsp3) is 0.150. The highest BCUT2D eigenvalue weighted by Crippen LogP contribution is 2.29. The number of nitrogens with zero attached hydrogens (tertiary/aromatic N) is 1. The van der Waals surface area contributed by atoms with Gasteiger partial charge in [0.1, 0.15) is 4.21 Å². The van der Waals surface area contributed by atoms with Crippen LogP contribution >= 0.6 is 27.3 Å². The van der Waals surface area contributed by atoms with E-state index < -0.39 is 10.0 Å². The summed E-state index contributed by atoms with van der Waals surface area (Å²) in [5, 5.41) is 0. The van der Waals surface area contributed by atoms with Crippen LogP contribution in [-0.2, 0) is 23.0 Å². The summed E-state index contributed by atoms with van der Waals surface area (Å²) >= 11 is 4.45. The predicted octanol–water partition coefficient (Wildman–Crippen LogP) is 4.51. The van der Waals surface area contributed by atoms with E-state index in [2.05, 4.69) is 20.7 Å². The summed E-state index contributed by atoms with van der Waals surface area (Å²) in [7, 11) is -3.63. The molecule has 5 nitrogen and oxygen atoms in total. The predicted molar refractivity (Wildman–Crippen MR) is 114 cm³/mol. The lowest BCUT2D eigenvalue weighted by molar-refractivity contribution is 0.0734. The average Bonchev–Trinajstić information content (AvgIpc) is 3.15. The number of sulfonamides is 1. The van der Waals surface area contributed by atoms with E-state index in [9.17, 15) is 13.2 Å². The number of rotatable bonds is 4. The maximum atomic E-state index is 12.7. The van der Waals surface area contributed by atoms with Gasteiger partial charge in [-0.05, 0) is 69.9 Å². The van der Waals surface area contributed by atoms with Crippen LogP contribution < -0.4 is 4.72 Å². The van der Waals surface area contributed by atoms with Crippen LogP contribution in [-0.4, -0.2) is 25.8 Å². The largest absolute Gasteiger partial charge is 0.334 e. The molecule has 1 aliphatic rings. The number of nitrogens with one attached hydrogen (secondary N) is 1. The maximum absolute atomic E-state index is 12.7. The van der Waals surface area contributed by atoms with Gasteiger partial charge in [-0.15, -0.1) is 11.3 Å². The van der Waals surface area contributed by atoms with E-state index in [0.717, 1.165) is 32.7 Å². The van der Waals surface area contributed by atoms with Crippen LogP contribution in [0.15, 0.2) is 68.7 Å². The molecule has 144 valence electrons. The molecule has 3 aromatic rings. The first kappa shape index (κ1) is 19.2. The molecule has 1 aromatic heterocycles. The molecule has 0 unspecified atom stereocenters. The third-order valence-corrected chi connectivity index (χ3v) is 8.09. The van der Waals surface area contributed by atoms with Gasteiger partial charge in [0.25, 0.3) is 15.9 Å². The van der Waals surface area contributed by atoms with Crippen molar-refractivity contribution in [1.29, 1.82) is 0 Å². The zero-order valence-electron chi connectivity index (χ0n) is 14.8. The smallest absolute Gasteiger partial charge is 0.271 e. The normalized spacial score (nSPS) is 13.8. The first-order chi connectivity index (χ1) is 13.4. The summed E-state index contributed by atoms with van der Waals surface area (Å²) in [4.78, 5) is 14.5.